The Kier molecular flexibility index (Phi) is 7.16. The van der Waals surface area contributed by atoms with Gasteiger partial charge in [-0.3, -0.25) is 4.79 Å². The van der Waals surface area contributed by atoms with Gasteiger partial charge in [-0.2, -0.15) is 4.31 Å². The van der Waals surface area contributed by atoms with Crippen molar-refractivity contribution in [2.75, 3.05) is 18.0 Å². The fraction of sp³-hybridized carbons (Fsp3) is 0.296. The van der Waals surface area contributed by atoms with Gasteiger partial charge in [0.05, 0.1) is 23.6 Å². The molecule has 3 aromatic carbocycles. The van der Waals surface area contributed by atoms with Crippen LogP contribution in [0.25, 0.3) is 0 Å². The molecule has 2 atom stereocenters. The van der Waals surface area contributed by atoms with Gasteiger partial charge in [0.15, 0.2) is 0 Å². The lowest BCUT2D eigenvalue weighted by Crippen LogP contribution is -2.48. The summed E-state index contributed by atoms with van der Waals surface area (Å²) in [5.74, 6) is -0.254. The van der Waals surface area contributed by atoms with Crippen LogP contribution in [0.2, 0.25) is 0 Å². The van der Waals surface area contributed by atoms with Crippen molar-refractivity contribution in [3.63, 3.8) is 0 Å². The second kappa shape index (κ2) is 10.1. The molecule has 1 heterocycles. The monoisotopic (exact) mass is 478 g/mol. The van der Waals surface area contributed by atoms with Crippen molar-refractivity contribution >= 4 is 21.6 Å². The Morgan fingerprint density at radius 3 is 2.29 bits per heavy atom. The molecule has 4 rings (SSSR count). The van der Waals surface area contributed by atoms with Crippen LogP contribution < -0.4 is 4.90 Å². The number of carbonyl (C=O) groups is 1. The Morgan fingerprint density at radius 1 is 0.941 bits per heavy atom. The predicted molar refractivity (Wildman–Crippen MR) is 133 cm³/mol. The van der Waals surface area contributed by atoms with E-state index in [0.29, 0.717) is 12.1 Å². The molecule has 1 aliphatic rings. The number of benzene rings is 3. The summed E-state index contributed by atoms with van der Waals surface area (Å²) >= 11 is 0. The highest BCUT2D eigenvalue weighted by molar-refractivity contribution is 7.89. The minimum absolute atomic E-state index is 0.114. The van der Waals surface area contributed by atoms with Gasteiger partial charge in [-0.25, -0.2) is 8.42 Å². The third-order valence-corrected chi connectivity index (χ3v) is 7.67. The summed E-state index contributed by atoms with van der Waals surface area (Å²) in [5, 5.41) is 0. The minimum atomic E-state index is -3.76. The van der Waals surface area contributed by atoms with Gasteiger partial charge in [-0.1, -0.05) is 48.5 Å². The van der Waals surface area contributed by atoms with Crippen LogP contribution in [0.5, 0.6) is 0 Å². The Bertz CT molecular complexity index is 1250. The number of ether oxygens (including phenoxy) is 1. The lowest BCUT2D eigenvalue weighted by molar-refractivity contribution is -0.0440. The van der Waals surface area contributed by atoms with Crippen LogP contribution in [0.3, 0.4) is 0 Å². The molecule has 0 N–H and O–H groups in total. The third kappa shape index (κ3) is 5.38. The van der Waals surface area contributed by atoms with E-state index in [1.807, 2.05) is 75.4 Å². The molecule has 0 saturated carbocycles. The average Bonchev–Trinajstić information content (AvgIpc) is 2.82. The van der Waals surface area contributed by atoms with Crippen molar-refractivity contribution < 1.29 is 17.9 Å². The van der Waals surface area contributed by atoms with Gasteiger partial charge in [0, 0.05) is 24.3 Å². The molecule has 1 aliphatic heterocycles. The molecular formula is C27H30N2O4S. The zero-order valence-corrected chi connectivity index (χ0v) is 20.5. The molecule has 0 aromatic heterocycles. The van der Waals surface area contributed by atoms with Crippen molar-refractivity contribution in [2.24, 2.45) is 0 Å². The van der Waals surface area contributed by atoms with Gasteiger partial charge in [-0.05, 0) is 62.2 Å². The molecule has 0 aliphatic carbocycles. The number of amides is 1. The molecule has 0 bridgehead atoms. The van der Waals surface area contributed by atoms with E-state index in [1.165, 1.54) is 10.4 Å². The maximum atomic E-state index is 13.7. The molecule has 178 valence electrons. The first-order valence-corrected chi connectivity index (χ1v) is 12.9. The van der Waals surface area contributed by atoms with Crippen LogP contribution in [-0.2, 0) is 21.3 Å². The SMILES string of the molecule is Cc1cccc(N(Cc2ccccc2)C(=O)c2cccc(S(=O)(=O)N3C[C@@H](C)O[C@H](C)C3)c2)c1. The number of hydrogen-bond acceptors (Lipinski definition) is 4. The highest BCUT2D eigenvalue weighted by atomic mass is 32.2. The van der Waals surface area contributed by atoms with Gasteiger partial charge >= 0.3 is 0 Å². The average molecular weight is 479 g/mol. The predicted octanol–water partition coefficient (Wildman–Crippen LogP) is 4.64. The number of carbonyl (C=O) groups excluding carboxylic acids is 1. The van der Waals surface area contributed by atoms with E-state index in [9.17, 15) is 13.2 Å². The maximum Gasteiger partial charge on any atom is 0.258 e. The second-order valence-corrected chi connectivity index (χ2v) is 10.8. The Hall–Kier alpha value is -3.00. The summed E-state index contributed by atoms with van der Waals surface area (Å²) in [4.78, 5) is 15.5. The van der Waals surface area contributed by atoms with Gasteiger partial charge in [0.25, 0.3) is 5.91 Å². The van der Waals surface area contributed by atoms with Gasteiger partial charge in [0.2, 0.25) is 10.0 Å². The normalized spacial score (nSPS) is 19.0. The first kappa shape index (κ1) is 24.1. The number of morpholine rings is 1. The van der Waals surface area contributed by atoms with Crippen LogP contribution in [0.4, 0.5) is 5.69 Å². The highest BCUT2D eigenvalue weighted by Crippen LogP contribution is 2.25. The lowest BCUT2D eigenvalue weighted by atomic mass is 10.1. The van der Waals surface area contributed by atoms with Crippen LogP contribution in [0, 0.1) is 6.92 Å². The zero-order chi connectivity index (χ0) is 24.3. The summed E-state index contributed by atoms with van der Waals surface area (Å²) in [6.07, 6.45) is -0.378. The molecule has 1 amide bonds. The van der Waals surface area contributed by atoms with E-state index in [1.54, 1.807) is 23.1 Å². The van der Waals surface area contributed by atoms with Crippen molar-refractivity contribution in [1.82, 2.24) is 4.31 Å². The standard InChI is InChI=1S/C27H30N2O4S/c1-20-9-7-13-25(15-20)29(19-23-10-5-4-6-11-23)27(30)24-12-8-14-26(16-24)34(31,32)28-17-21(2)33-22(3)18-28/h4-16,21-22H,17-19H2,1-3H3/t21-,22-/m1/s1. The van der Waals surface area contributed by atoms with Gasteiger partial charge in [0.1, 0.15) is 0 Å². The fourth-order valence-electron chi connectivity index (χ4n) is 4.26. The quantitative estimate of drug-likeness (QED) is 0.518. The Labute approximate surface area is 201 Å². The number of hydrogen-bond donors (Lipinski definition) is 0. The molecule has 3 aromatic rings. The Morgan fingerprint density at radius 2 is 1.62 bits per heavy atom. The van der Waals surface area contributed by atoms with Crippen molar-refractivity contribution in [2.45, 2.75) is 44.4 Å². The topological polar surface area (TPSA) is 66.9 Å². The Balaban J connectivity index is 1.68. The minimum Gasteiger partial charge on any atom is -0.373 e. The van der Waals surface area contributed by atoms with E-state index in [4.69, 9.17) is 4.74 Å². The van der Waals surface area contributed by atoms with Crippen LogP contribution in [0.1, 0.15) is 35.3 Å². The van der Waals surface area contributed by atoms with E-state index in [2.05, 4.69) is 0 Å². The number of rotatable bonds is 6. The zero-order valence-electron chi connectivity index (χ0n) is 19.7. The largest absolute Gasteiger partial charge is 0.373 e. The molecule has 1 fully saturated rings. The number of sulfonamides is 1. The second-order valence-electron chi connectivity index (χ2n) is 8.82. The number of aryl methyl sites for hydroxylation is 1. The fourth-order valence-corrected chi connectivity index (χ4v) is 5.90. The molecule has 0 unspecified atom stereocenters. The van der Waals surface area contributed by atoms with E-state index in [0.717, 1.165) is 16.8 Å². The third-order valence-electron chi connectivity index (χ3n) is 5.85. The summed E-state index contributed by atoms with van der Waals surface area (Å²) in [5.41, 5.74) is 3.11. The van der Waals surface area contributed by atoms with Crippen molar-refractivity contribution in [3.8, 4) is 0 Å². The molecular weight excluding hydrogens is 448 g/mol. The van der Waals surface area contributed by atoms with Crippen LogP contribution >= 0.6 is 0 Å². The maximum absolute atomic E-state index is 13.7. The van der Waals surface area contributed by atoms with E-state index in [-0.39, 0.29) is 36.1 Å². The summed E-state index contributed by atoms with van der Waals surface area (Å²) in [6.45, 7) is 6.65. The number of anilines is 1. The lowest BCUT2D eigenvalue weighted by Gasteiger charge is -2.34. The van der Waals surface area contributed by atoms with Crippen molar-refractivity contribution in [1.29, 1.82) is 0 Å². The summed E-state index contributed by atoms with van der Waals surface area (Å²) in [7, 11) is -3.76. The van der Waals surface area contributed by atoms with Gasteiger partial charge < -0.3 is 9.64 Å². The molecule has 6 nitrogen and oxygen atoms in total. The molecule has 0 spiro atoms. The first-order chi connectivity index (χ1) is 16.2. The first-order valence-electron chi connectivity index (χ1n) is 11.4. The molecule has 7 heteroatoms. The van der Waals surface area contributed by atoms with Crippen molar-refractivity contribution in [3.05, 3.63) is 95.6 Å². The number of nitrogens with zero attached hydrogens (tertiary/aromatic N) is 2. The molecule has 34 heavy (non-hydrogen) atoms. The highest BCUT2D eigenvalue weighted by Gasteiger charge is 2.32. The van der Waals surface area contributed by atoms with Gasteiger partial charge in [-0.15, -0.1) is 0 Å². The summed E-state index contributed by atoms with van der Waals surface area (Å²) < 4.78 is 33.9. The molecule has 1 saturated heterocycles. The van der Waals surface area contributed by atoms with E-state index >= 15 is 0 Å². The smallest absolute Gasteiger partial charge is 0.258 e. The van der Waals surface area contributed by atoms with Crippen LogP contribution in [0.15, 0.2) is 83.8 Å². The molecule has 0 radical (unpaired) electrons. The van der Waals surface area contributed by atoms with E-state index < -0.39 is 10.0 Å². The van der Waals surface area contributed by atoms with Crippen LogP contribution in [-0.4, -0.2) is 43.9 Å². The summed E-state index contributed by atoms with van der Waals surface area (Å²) in [6, 6.07) is 23.8.